The first-order valence-electron chi connectivity index (χ1n) is 10.4. The molecule has 0 N–H and O–H groups in total. The Balaban J connectivity index is 1.20. The molecule has 1 fully saturated rings. The van der Waals surface area contributed by atoms with Gasteiger partial charge in [-0.05, 0) is 34.9 Å². The van der Waals surface area contributed by atoms with Crippen LogP contribution in [0.15, 0.2) is 42.3 Å². The maximum atomic E-state index is 14.4. The van der Waals surface area contributed by atoms with Crippen LogP contribution in [0.3, 0.4) is 0 Å². The molecule has 4 heterocycles. The van der Waals surface area contributed by atoms with Crippen molar-refractivity contribution in [2.75, 3.05) is 18.0 Å². The molecule has 1 saturated heterocycles. The van der Waals surface area contributed by atoms with Gasteiger partial charge in [-0.3, -0.25) is 0 Å². The molecule has 12 heteroatoms. The van der Waals surface area contributed by atoms with Crippen molar-refractivity contribution in [3.8, 4) is 11.4 Å². The third-order valence-electron chi connectivity index (χ3n) is 5.59. The minimum Gasteiger partial charge on any atom is -0.484 e. The molecular weight excluding hydrogens is 467 g/mol. The van der Waals surface area contributed by atoms with Crippen LogP contribution in [0, 0.1) is 11.7 Å². The van der Waals surface area contributed by atoms with E-state index in [1.807, 2.05) is 5.38 Å². The van der Waals surface area contributed by atoms with E-state index in [4.69, 9.17) is 21.3 Å². The van der Waals surface area contributed by atoms with Crippen molar-refractivity contribution in [1.82, 2.24) is 35.2 Å². The first-order valence-corrected chi connectivity index (χ1v) is 11.6. The number of benzene rings is 1. The standard InChI is InChI=1S/C21H20ClFN8OS/c1-13-9-30(21-24-7-14(22)8-25-21)5-4-17(13)20-27-15(11-33-20)10-32-19-3-2-16(6-18(19)23)31-12-26-28-29-31/h2-3,6-8,11-13,17H,4-5,9-10H2,1H3/t13-,17+/m0/s1. The number of thiazole rings is 1. The summed E-state index contributed by atoms with van der Waals surface area (Å²) in [4.78, 5) is 15.6. The second kappa shape index (κ2) is 9.36. The quantitative estimate of drug-likeness (QED) is 0.405. The number of nitrogens with zero attached hydrogens (tertiary/aromatic N) is 8. The van der Waals surface area contributed by atoms with Crippen molar-refractivity contribution in [3.05, 3.63) is 63.8 Å². The van der Waals surface area contributed by atoms with Gasteiger partial charge >= 0.3 is 0 Å². The van der Waals surface area contributed by atoms with Crippen LogP contribution in [-0.2, 0) is 6.61 Å². The Morgan fingerprint density at radius 1 is 1.27 bits per heavy atom. The zero-order valence-corrected chi connectivity index (χ0v) is 19.2. The fourth-order valence-electron chi connectivity index (χ4n) is 3.90. The van der Waals surface area contributed by atoms with E-state index in [1.165, 1.54) is 17.1 Å². The molecule has 0 bridgehead atoms. The van der Waals surface area contributed by atoms with Gasteiger partial charge in [-0.15, -0.1) is 16.4 Å². The fourth-order valence-corrected chi connectivity index (χ4v) is 5.07. The largest absolute Gasteiger partial charge is 0.484 e. The summed E-state index contributed by atoms with van der Waals surface area (Å²) in [6, 6.07) is 4.59. The Morgan fingerprint density at radius 2 is 2.12 bits per heavy atom. The van der Waals surface area contributed by atoms with Crippen LogP contribution >= 0.6 is 22.9 Å². The number of anilines is 1. The van der Waals surface area contributed by atoms with Gasteiger partial charge in [0.2, 0.25) is 5.95 Å². The molecule has 2 atom stereocenters. The lowest BCUT2D eigenvalue weighted by atomic mass is 9.87. The van der Waals surface area contributed by atoms with E-state index in [0.717, 1.165) is 30.2 Å². The van der Waals surface area contributed by atoms with Crippen LogP contribution in [0.5, 0.6) is 5.75 Å². The Bertz CT molecular complexity index is 1220. The average Bonchev–Trinajstić information content (AvgIpc) is 3.51. The minimum atomic E-state index is -0.483. The van der Waals surface area contributed by atoms with Gasteiger partial charge in [0.05, 0.1) is 33.8 Å². The first kappa shape index (κ1) is 21.7. The number of halogens is 2. The molecule has 0 aliphatic carbocycles. The predicted octanol–water partition coefficient (Wildman–Crippen LogP) is 3.91. The van der Waals surface area contributed by atoms with Crippen LogP contribution in [0.2, 0.25) is 5.02 Å². The summed E-state index contributed by atoms with van der Waals surface area (Å²) in [5.74, 6) is 1.11. The fraction of sp³-hybridized carbons (Fsp3) is 0.333. The van der Waals surface area contributed by atoms with Crippen LogP contribution < -0.4 is 9.64 Å². The lowest BCUT2D eigenvalue weighted by molar-refractivity contribution is 0.285. The number of hydrogen-bond donors (Lipinski definition) is 0. The molecule has 0 saturated carbocycles. The van der Waals surface area contributed by atoms with Gasteiger partial charge in [-0.25, -0.2) is 24.0 Å². The molecule has 0 spiro atoms. The Hall–Kier alpha value is -3.18. The van der Waals surface area contributed by atoms with Gasteiger partial charge in [0.25, 0.3) is 0 Å². The molecule has 0 amide bonds. The monoisotopic (exact) mass is 486 g/mol. The smallest absolute Gasteiger partial charge is 0.225 e. The van der Waals surface area contributed by atoms with Gasteiger partial charge in [-0.1, -0.05) is 18.5 Å². The van der Waals surface area contributed by atoms with E-state index in [1.54, 1.807) is 35.9 Å². The highest BCUT2D eigenvalue weighted by molar-refractivity contribution is 7.09. The van der Waals surface area contributed by atoms with Crippen molar-refractivity contribution in [3.63, 3.8) is 0 Å². The maximum absolute atomic E-state index is 14.4. The maximum Gasteiger partial charge on any atom is 0.225 e. The van der Waals surface area contributed by atoms with Crippen LogP contribution in [0.4, 0.5) is 10.3 Å². The topological polar surface area (TPSA) is 94.7 Å². The molecule has 170 valence electrons. The summed E-state index contributed by atoms with van der Waals surface area (Å²) in [5.41, 5.74) is 1.31. The summed E-state index contributed by atoms with van der Waals surface area (Å²) in [6.07, 6.45) is 5.60. The molecule has 0 radical (unpaired) electrons. The molecule has 5 rings (SSSR count). The van der Waals surface area contributed by atoms with Gasteiger partial charge in [0.15, 0.2) is 11.6 Å². The average molecular weight is 487 g/mol. The summed E-state index contributed by atoms with van der Waals surface area (Å²) in [6.45, 7) is 4.10. The van der Waals surface area contributed by atoms with Gasteiger partial charge in [-0.2, -0.15) is 0 Å². The molecule has 1 aliphatic heterocycles. The van der Waals surface area contributed by atoms with Crippen LogP contribution in [0.1, 0.15) is 30.0 Å². The van der Waals surface area contributed by atoms with Crippen molar-refractivity contribution in [2.24, 2.45) is 5.92 Å². The zero-order valence-electron chi connectivity index (χ0n) is 17.7. The molecule has 9 nitrogen and oxygen atoms in total. The third-order valence-corrected chi connectivity index (χ3v) is 6.81. The zero-order chi connectivity index (χ0) is 22.8. The summed E-state index contributed by atoms with van der Waals surface area (Å²) < 4.78 is 21.5. The Labute approximate surface area is 198 Å². The van der Waals surface area contributed by atoms with E-state index in [2.05, 4.69) is 37.3 Å². The van der Waals surface area contributed by atoms with Gasteiger partial charge in [0, 0.05) is 30.5 Å². The van der Waals surface area contributed by atoms with Gasteiger partial charge < -0.3 is 9.64 Å². The lowest BCUT2D eigenvalue weighted by Gasteiger charge is -2.36. The van der Waals surface area contributed by atoms with Crippen molar-refractivity contribution >= 4 is 28.9 Å². The summed E-state index contributed by atoms with van der Waals surface area (Å²) in [5, 5.41) is 14.4. The molecule has 1 aromatic carbocycles. The third kappa shape index (κ3) is 4.79. The predicted molar refractivity (Wildman–Crippen MR) is 121 cm³/mol. The van der Waals surface area contributed by atoms with Crippen LogP contribution in [0.25, 0.3) is 5.69 Å². The van der Waals surface area contributed by atoms with E-state index < -0.39 is 5.82 Å². The molecule has 33 heavy (non-hydrogen) atoms. The molecule has 3 aromatic heterocycles. The number of tetrazole rings is 1. The highest BCUT2D eigenvalue weighted by Crippen LogP contribution is 2.35. The van der Waals surface area contributed by atoms with Crippen molar-refractivity contribution in [1.29, 1.82) is 0 Å². The molecule has 0 unspecified atom stereocenters. The highest BCUT2D eigenvalue weighted by Gasteiger charge is 2.30. The molecule has 4 aromatic rings. The van der Waals surface area contributed by atoms with Crippen LogP contribution in [-0.4, -0.2) is 48.2 Å². The summed E-state index contributed by atoms with van der Waals surface area (Å²) in [7, 11) is 0. The number of hydrogen-bond acceptors (Lipinski definition) is 9. The number of rotatable bonds is 6. The molecular formula is C21H20ClFN8OS. The second-order valence-corrected chi connectivity index (χ2v) is 9.18. The van der Waals surface area contributed by atoms with E-state index >= 15 is 0 Å². The Kier molecular flexibility index (Phi) is 6.14. The second-order valence-electron chi connectivity index (χ2n) is 7.85. The van der Waals surface area contributed by atoms with E-state index in [0.29, 0.717) is 28.5 Å². The van der Waals surface area contributed by atoms with Gasteiger partial charge in [0.1, 0.15) is 12.9 Å². The normalized spacial score (nSPS) is 18.5. The molecule has 1 aliphatic rings. The highest BCUT2D eigenvalue weighted by atomic mass is 35.5. The Morgan fingerprint density at radius 3 is 2.85 bits per heavy atom. The van der Waals surface area contributed by atoms with Crippen molar-refractivity contribution < 1.29 is 9.13 Å². The first-order chi connectivity index (χ1) is 16.1. The summed E-state index contributed by atoms with van der Waals surface area (Å²) >= 11 is 7.52. The number of ether oxygens (including phenoxy) is 1. The number of piperidine rings is 1. The van der Waals surface area contributed by atoms with E-state index in [9.17, 15) is 4.39 Å². The van der Waals surface area contributed by atoms with Crippen molar-refractivity contribution in [2.45, 2.75) is 25.9 Å². The number of aromatic nitrogens is 7. The SMILES string of the molecule is C[C@H]1CN(c2ncc(Cl)cn2)CC[C@H]1c1nc(COc2ccc(-n3cnnn3)cc2F)cs1. The van der Waals surface area contributed by atoms with E-state index in [-0.39, 0.29) is 12.4 Å². The minimum absolute atomic E-state index is 0.158. The lowest BCUT2D eigenvalue weighted by Crippen LogP contribution is -2.39.